The monoisotopic (exact) mass is 301 g/mol. The molecular weight excluding hydrogens is 282 g/mol. The van der Waals surface area contributed by atoms with Crippen LogP contribution in [0.15, 0.2) is 35.4 Å². The van der Waals surface area contributed by atoms with Crippen molar-refractivity contribution in [2.45, 2.75) is 20.4 Å². The Morgan fingerprint density at radius 1 is 1.36 bits per heavy atom. The zero-order valence-electron chi connectivity index (χ0n) is 12.7. The van der Waals surface area contributed by atoms with Crippen molar-refractivity contribution in [1.29, 1.82) is 0 Å². The van der Waals surface area contributed by atoms with Gasteiger partial charge in [0, 0.05) is 36.9 Å². The van der Waals surface area contributed by atoms with Gasteiger partial charge in [0.25, 0.3) is 0 Å². The van der Waals surface area contributed by atoms with Crippen LogP contribution in [-0.2, 0) is 11.3 Å². The molecule has 0 aliphatic carbocycles. The topological polar surface area (TPSA) is 88.9 Å². The molecule has 2 N–H and O–H groups in total. The first-order valence-corrected chi connectivity index (χ1v) is 7.02. The van der Waals surface area contributed by atoms with Crippen molar-refractivity contribution in [2.24, 2.45) is 0 Å². The molecule has 0 fully saturated rings. The van der Waals surface area contributed by atoms with Crippen LogP contribution in [0.1, 0.15) is 11.4 Å². The summed E-state index contributed by atoms with van der Waals surface area (Å²) in [6, 6.07) is 5.47. The number of carbonyl (C=O) groups excluding carboxylic acids is 1. The molecule has 0 bridgehead atoms. The first-order valence-electron chi connectivity index (χ1n) is 7.02. The summed E-state index contributed by atoms with van der Waals surface area (Å²) in [6.45, 7) is 4.56. The third-order valence-corrected chi connectivity index (χ3v) is 3.12. The standard InChI is InChI=1S/C15H19N5O2/c1-11-8-12(2)20(15(22)19-11)7-6-17-14(21)10-18-13-4-3-5-16-9-13/h3-5,8-9,18H,6-7,10H2,1-2H3,(H,17,21). The van der Waals surface area contributed by atoms with E-state index >= 15 is 0 Å². The quantitative estimate of drug-likeness (QED) is 0.810. The van der Waals surface area contributed by atoms with Gasteiger partial charge in [0.1, 0.15) is 0 Å². The van der Waals surface area contributed by atoms with E-state index in [1.165, 1.54) is 0 Å². The fourth-order valence-corrected chi connectivity index (χ4v) is 2.07. The molecule has 0 spiro atoms. The molecule has 1 amide bonds. The molecule has 22 heavy (non-hydrogen) atoms. The second-order valence-corrected chi connectivity index (χ2v) is 4.92. The summed E-state index contributed by atoms with van der Waals surface area (Å²) in [5, 5.41) is 5.73. The Morgan fingerprint density at radius 3 is 2.86 bits per heavy atom. The Morgan fingerprint density at radius 2 is 2.18 bits per heavy atom. The minimum Gasteiger partial charge on any atom is -0.375 e. The molecule has 7 nitrogen and oxygen atoms in total. The van der Waals surface area contributed by atoms with Crippen LogP contribution in [0, 0.1) is 13.8 Å². The van der Waals surface area contributed by atoms with E-state index < -0.39 is 0 Å². The number of hydrogen-bond donors (Lipinski definition) is 2. The van der Waals surface area contributed by atoms with Gasteiger partial charge in [-0.05, 0) is 32.0 Å². The van der Waals surface area contributed by atoms with E-state index in [-0.39, 0.29) is 18.1 Å². The number of hydrogen-bond acceptors (Lipinski definition) is 5. The van der Waals surface area contributed by atoms with E-state index in [2.05, 4.69) is 20.6 Å². The Hall–Kier alpha value is -2.70. The second kappa shape index (κ2) is 7.35. The molecule has 0 aliphatic rings. The number of carbonyl (C=O) groups is 1. The smallest absolute Gasteiger partial charge is 0.348 e. The van der Waals surface area contributed by atoms with Crippen molar-refractivity contribution in [3.63, 3.8) is 0 Å². The highest BCUT2D eigenvalue weighted by atomic mass is 16.2. The molecule has 2 aromatic rings. The van der Waals surface area contributed by atoms with Gasteiger partial charge in [-0.15, -0.1) is 0 Å². The molecule has 0 saturated heterocycles. The number of anilines is 1. The van der Waals surface area contributed by atoms with Gasteiger partial charge < -0.3 is 10.6 Å². The molecule has 116 valence electrons. The summed E-state index contributed by atoms with van der Waals surface area (Å²) in [5.74, 6) is -0.144. The lowest BCUT2D eigenvalue weighted by molar-refractivity contribution is -0.119. The Balaban J connectivity index is 1.79. The van der Waals surface area contributed by atoms with Crippen LogP contribution >= 0.6 is 0 Å². The molecule has 0 radical (unpaired) electrons. The van der Waals surface area contributed by atoms with E-state index in [0.29, 0.717) is 18.8 Å². The maximum absolute atomic E-state index is 11.8. The van der Waals surface area contributed by atoms with Crippen LogP contribution in [-0.4, -0.2) is 33.5 Å². The fraction of sp³-hybridized carbons (Fsp3) is 0.333. The average molecular weight is 301 g/mol. The van der Waals surface area contributed by atoms with Gasteiger partial charge in [0.05, 0.1) is 12.2 Å². The van der Waals surface area contributed by atoms with Crippen molar-refractivity contribution >= 4 is 11.6 Å². The normalized spacial score (nSPS) is 10.3. The van der Waals surface area contributed by atoms with E-state index in [4.69, 9.17) is 0 Å². The summed E-state index contributed by atoms with van der Waals surface area (Å²) >= 11 is 0. The first-order chi connectivity index (χ1) is 10.6. The Bertz CT molecular complexity index is 697. The Kier molecular flexibility index (Phi) is 5.24. The predicted molar refractivity (Wildman–Crippen MR) is 83.7 cm³/mol. The van der Waals surface area contributed by atoms with Gasteiger partial charge >= 0.3 is 5.69 Å². The molecule has 2 heterocycles. The minimum atomic E-state index is -0.291. The molecule has 2 rings (SSSR count). The van der Waals surface area contributed by atoms with E-state index in [1.807, 2.05) is 19.1 Å². The highest BCUT2D eigenvalue weighted by Crippen LogP contribution is 2.01. The number of aromatic nitrogens is 3. The van der Waals surface area contributed by atoms with Crippen molar-refractivity contribution < 1.29 is 4.79 Å². The lowest BCUT2D eigenvalue weighted by Crippen LogP contribution is -2.35. The molecule has 0 saturated carbocycles. The zero-order chi connectivity index (χ0) is 15.9. The maximum atomic E-state index is 11.8. The highest BCUT2D eigenvalue weighted by molar-refractivity contribution is 5.80. The van der Waals surface area contributed by atoms with Crippen LogP contribution in [0.25, 0.3) is 0 Å². The van der Waals surface area contributed by atoms with Gasteiger partial charge in [-0.25, -0.2) is 4.79 Å². The molecule has 2 aromatic heterocycles. The zero-order valence-corrected chi connectivity index (χ0v) is 12.7. The molecular formula is C15H19N5O2. The van der Waals surface area contributed by atoms with Crippen molar-refractivity contribution in [3.8, 4) is 0 Å². The van der Waals surface area contributed by atoms with E-state index in [9.17, 15) is 9.59 Å². The van der Waals surface area contributed by atoms with Crippen molar-refractivity contribution in [1.82, 2.24) is 19.9 Å². The van der Waals surface area contributed by atoms with Gasteiger partial charge in [-0.1, -0.05) is 0 Å². The molecule has 0 aliphatic heterocycles. The molecule has 0 atom stereocenters. The van der Waals surface area contributed by atoms with Crippen molar-refractivity contribution in [3.05, 3.63) is 52.5 Å². The lowest BCUT2D eigenvalue weighted by Gasteiger charge is -2.11. The maximum Gasteiger partial charge on any atom is 0.348 e. The second-order valence-electron chi connectivity index (χ2n) is 4.92. The minimum absolute atomic E-state index is 0.144. The van der Waals surface area contributed by atoms with E-state index in [0.717, 1.165) is 11.4 Å². The van der Waals surface area contributed by atoms with Gasteiger partial charge in [-0.2, -0.15) is 4.98 Å². The van der Waals surface area contributed by atoms with Crippen LogP contribution in [0.2, 0.25) is 0 Å². The average Bonchev–Trinajstić information content (AvgIpc) is 2.49. The molecule has 0 aromatic carbocycles. The predicted octanol–water partition coefficient (Wildman–Crippen LogP) is 0.483. The van der Waals surface area contributed by atoms with Crippen LogP contribution in [0.5, 0.6) is 0 Å². The first kappa shape index (κ1) is 15.7. The van der Waals surface area contributed by atoms with Crippen LogP contribution < -0.4 is 16.3 Å². The number of amides is 1. The summed E-state index contributed by atoms with van der Waals surface area (Å²) in [5.41, 5.74) is 2.02. The largest absolute Gasteiger partial charge is 0.375 e. The van der Waals surface area contributed by atoms with Gasteiger partial charge in [0.2, 0.25) is 5.91 Å². The number of nitrogens with zero attached hydrogens (tertiary/aromatic N) is 3. The molecule has 0 unspecified atom stereocenters. The number of rotatable bonds is 6. The fourth-order valence-electron chi connectivity index (χ4n) is 2.07. The van der Waals surface area contributed by atoms with Gasteiger partial charge in [-0.3, -0.25) is 14.3 Å². The van der Waals surface area contributed by atoms with Crippen molar-refractivity contribution in [2.75, 3.05) is 18.4 Å². The highest BCUT2D eigenvalue weighted by Gasteiger charge is 2.04. The summed E-state index contributed by atoms with van der Waals surface area (Å²) in [7, 11) is 0. The summed E-state index contributed by atoms with van der Waals surface area (Å²) in [6.07, 6.45) is 3.31. The lowest BCUT2D eigenvalue weighted by atomic mass is 10.3. The summed E-state index contributed by atoms with van der Waals surface area (Å²) in [4.78, 5) is 31.3. The number of nitrogens with one attached hydrogen (secondary N) is 2. The number of pyridine rings is 1. The van der Waals surface area contributed by atoms with Crippen LogP contribution in [0.4, 0.5) is 5.69 Å². The SMILES string of the molecule is Cc1cc(C)n(CCNC(=O)CNc2cccnc2)c(=O)n1. The van der Waals surface area contributed by atoms with E-state index in [1.54, 1.807) is 30.0 Å². The van der Waals surface area contributed by atoms with Crippen LogP contribution in [0.3, 0.4) is 0 Å². The third-order valence-electron chi connectivity index (χ3n) is 3.12. The molecule has 7 heteroatoms. The number of aryl methyl sites for hydroxylation is 2. The van der Waals surface area contributed by atoms with Gasteiger partial charge in [0.15, 0.2) is 0 Å². The summed E-state index contributed by atoms with van der Waals surface area (Å²) < 4.78 is 1.54. The Labute approximate surface area is 128 Å². The third kappa shape index (κ3) is 4.41.